The minimum Gasteiger partial charge on any atom is -0.481 e. The highest BCUT2D eigenvalue weighted by Crippen LogP contribution is 2.26. The Morgan fingerprint density at radius 3 is 2.73 bits per heavy atom. The van der Waals surface area contributed by atoms with Crippen molar-refractivity contribution in [3.8, 4) is 5.88 Å². The van der Waals surface area contributed by atoms with Crippen molar-refractivity contribution >= 4 is 0 Å². The van der Waals surface area contributed by atoms with Crippen molar-refractivity contribution in [1.82, 2.24) is 10.3 Å². The molecule has 3 nitrogen and oxygen atoms in total. The number of aromatic nitrogens is 1. The van der Waals surface area contributed by atoms with Crippen LogP contribution in [0.15, 0.2) is 18.3 Å². The fourth-order valence-electron chi connectivity index (χ4n) is 1.71. The molecule has 15 heavy (non-hydrogen) atoms. The van der Waals surface area contributed by atoms with E-state index in [2.05, 4.69) is 30.2 Å². The van der Waals surface area contributed by atoms with Gasteiger partial charge < -0.3 is 10.1 Å². The number of ether oxygens (including phenoxy) is 1. The van der Waals surface area contributed by atoms with Crippen LogP contribution < -0.4 is 10.1 Å². The Balaban J connectivity index is 2.90. The van der Waals surface area contributed by atoms with Crippen LogP contribution in [0.2, 0.25) is 0 Å². The van der Waals surface area contributed by atoms with Gasteiger partial charge in [0.2, 0.25) is 5.88 Å². The van der Waals surface area contributed by atoms with Crippen molar-refractivity contribution in [2.45, 2.75) is 26.3 Å². The normalized spacial score (nSPS) is 12.9. The summed E-state index contributed by atoms with van der Waals surface area (Å²) in [6.07, 6.45) is 2.84. The monoisotopic (exact) mass is 208 g/mol. The van der Waals surface area contributed by atoms with Crippen molar-refractivity contribution in [3.63, 3.8) is 0 Å². The summed E-state index contributed by atoms with van der Waals surface area (Å²) >= 11 is 0. The maximum absolute atomic E-state index is 5.26. The van der Waals surface area contributed by atoms with Gasteiger partial charge in [0.1, 0.15) is 0 Å². The standard InChI is InChI=1S/C12H20N2O/c1-9(2)8-11(13-3)10-6-5-7-14-12(10)15-4/h5-7,9,11,13H,8H2,1-4H3. The third kappa shape index (κ3) is 3.20. The zero-order chi connectivity index (χ0) is 11.3. The summed E-state index contributed by atoms with van der Waals surface area (Å²) in [5.74, 6) is 1.37. The predicted octanol–water partition coefficient (Wildman–Crippen LogP) is 2.40. The molecular formula is C12H20N2O. The molecule has 0 spiro atoms. The Kier molecular flexibility index (Phi) is 4.56. The second-order valence-corrected chi connectivity index (χ2v) is 4.07. The lowest BCUT2D eigenvalue weighted by molar-refractivity contribution is 0.374. The van der Waals surface area contributed by atoms with Crippen molar-refractivity contribution in [2.24, 2.45) is 5.92 Å². The maximum atomic E-state index is 5.26. The Bertz CT molecular complexity index is 299. The average Bonchev–Trinajstić information content (AvgIpc) is 2.25. The quantitative estimate of drug-likeness (QED) is 0.806. The molecule has 84 valence electrons. The number of rotatable bonds is 5. The molecule has 0 saturated heterocycles. The van der Waals surface area contributed by atoms with Gasteiger partial charge in [-0.3, -0.25) is 0 Å². The molecule has 1 heterocycles. The highest BCUT2D eigenvalue weighted by atomic mass is 16.5. The van der Waals surface area contributed by atoms with Crippen LogP contribution in [-0.4, -0.2) is 19.1 Å². The van der Waals surface area contributed by atoms with Crippen LogP contribution >= 0.6 is 0 Å². The van der Waals surface area contributed by atoms with Crippen LogP contribution in [0.4, 0.5) is 0 Å². The van der Waals surface area contributed by atoms with E-state index < -0.39 is 0 Å². The van der Waals surface area contributed by atoms with Crippen LogP contribution in [0, 0.1) is 5.92 Å². The first-order valence-corrected chi connectivity index (χ1v) is 5.35. The molecule has 0 aliphatic carbocycles. The number of methoxy groups -OCH3 is 1. The summed E-state index contributed by atoms with van der Waals surface area (Å²) in [5.41, 5.74) is 1.14. The van der Waals surface area contributed by atoms with Crippen molar-refractivity contribution < 1.29 is 4.74 Å². The van der Waals surface area contributed by atoms with E-state index in [9.17, 15) is 0 Å². The minimum absolute atomic E-state index is 0.314. The lowest BCUT2D eigenvalue weighted by Crippen LogP contribution is -2.19. The molecule has 0 saturated carbocycles. The number of nitrogens with one attached hydrogen (secondary N) is 1. The van der Waals surface area contributed by atoms with Gasteiger partial charge >= 0.3 is 0 Å². The summed E-state index contributed by atoms with van der Waals surface area (Å²) in [5, 5.41) is 3.30. The first-order valence-electron chi connectivity index (χ1n) is 5.35. The van der Waals surface area contributed by atoms with E-state index in [0.717, 1.165) is 17.9 Å². The average molecular weight is 208 g/mol. The van der Waals surface area contributed by atoms with E-state index in [1.807, 2.05) is 13.1 Å². The Morgan fingerprint density at radius 1 is 1.47 bits per heavy atom. The van der Waals surface area contributed by atoms with Gasteiger partial charge in [0.25, 0.3) is 0 Å². The molecule has 0 radical (unpaired) electrons. The molecule has 1 aromatic heterocycles. The Hall–Kier alpha value is -1.09. The summed E-state index contributed by atoms with van der Waals surface area (Å²) in [7, 11) is 3.63. The second kappa shape index (κ2) is 5.71. The van der Waals surface area contributed by atoms with E-state index in [1.165, 1.54) is 0 Å². The van der Waals surface area contributed by atoms with Gasteiger partial charge in [-0.2, -0.15) is 0 Å². The van der Waals surface area contributed by atoms with Crippen LogP contribution in [0.3, 0.4) is 0 Å². The number of nitrogens with zero attached hydrogens (tertiary/aromatic N) is 1. The first-order chi connectivity index (χ1) is 7.19. The smallest absolute Gasteiger partial charge is 0.217 e. The second-order valence-electron chi connectivity index (χ2n) is 4.07. The zero-order valence-corrected chi connectivity index (χ0v) is 9.95. The van der Waals surface area contributed by atoms with E-state index in [4.69, 9.17) is 4.74 Å². The van der Waals surface area contributed by atoms with Crippen molar-refractivity contribution in [1.29, 1.82) is 0 Å². The molecule has 0 amide bonds. The summed E-state index contributed by atoms with van der Waals surface area (Å²) in [4.78, 5) is 4.21. The fourth-order valence-corrected chi connectivity index (χ4v) is 1.71. The van der Waals surface area contributed by atoms with Crippen LogP contribution in [0.1, 0.15) is 31.9 Å². The molecule has 1 rings (SSSR count). The number of pyridine rings is 1. The van der Waals surface area contributed by atoms with Gasteiger partial charge in [0, 0.05) is 17.8 Å². The number of hydrogen-bond donors (Lipinski definition) is 1. The molecule has 3 heteroatoms. The van der Waals surface area contributed by atoms with Crippen molar-refractivity contribution in [3.05, 3.63) is 23.9 Å². The first kappa shape index (κ1) is 12.0. The summed E-state index contributed by atoms with van der Waals surface area (Å²) in [6, 6.07) is 4.33. The van der Waals surface area contributed by atoms with Gasteiger partial charge in [0.05, 0.1) is 7.11 Å². The summed E-state index contributed by atoms with van der Waals surface area (Å²) in [6.45, 7) is 4.43. The lowest BCUT2D eigenvalue weighted by atomic mass is 9.98. The molecule has 0 aliphatic heterocycles. The van der Waals surface area contributed by atoms with E-state index in [1.54, 1.807) is 13.3 Å². The molecule has 0 bridgehead atoms. The third-order valence-electron chi connectivity index (χ3n) is 2.42. The van der Waals surface area contributed by atoms with Crippen LogP contribution in [-0.2, 0) is 0 Å². The van der Waals surface area contributed by atoms with E-state index >= 15 is 0 Å². The number of hydrogen-bond acceptors (Lipinski definition) is 3. The van der Waals surface area contributed by atoms with Gasteiger partial charge in [-0.05, 0) is 25.5 Å². The minimum atomic E-state index is 0.314. The highest BCUT2D eigenvalue weighted by molar-refractivity contribution is 5.28. The SMILES string of the molecule is CNC(CC(C)C)c1cccnc1OC. The van der Waals surface area contributed by atoms with Crippen LogP contribution in [0.25, 0.3) is 0 Å². The van der Waals surface area contributed by atoms with Gasteiger partial charge in [0.15, 0.2) is 0 Å². The van der Waals surface area contributed by atoms with Crippen molar-refractivity contribution in [2.75, 3.05) is 14.2 Å². The van der Waals surface area contributed by atoms with Gasteiger partial charge in [-0.1, -0.05) is 19.9 Å². The predicted molar refractivity (Wildman–Crippen MR) is 62.0 cm³/mol. The highest BCUT2D eigenvalue weighted by Gasteiger charge is 2.15. The summed E-state index contributed by atoms with van der Waals surface area (Å²) < 4.78 is 5.26. The van der Waals surface area contributed by atoms with Gasteiger partial charge in [-0.15, -0.1) is 0 Å². The Labute approximate surface area is 91.9 Å². The molecular weight excluding hydrogens is 188 g/mol. The third-order valence-corrected chi connectivity index (χ3v) is 2.42. The van der Waals surface area contributed by atoms with Gasteiger partial charge in [-0.25, -0.2) is 4.98 Å². The maximum Gasteiger partial charge on any atom is 0.217 e. The molecule has 1 atom stereocenters. The largest absolute Gasteiger partial charge is 0.481 e. The van der Waals surface area contributed by atoms with Crippen LogP contribution in [0.5, 0.6) is 5.88 Å². The molecule has 0 aliphatic rings. The molecule has 1 N–H and O–H groups in total. The molecule has 0 aromatic carbocycles. The lowest BCUT2D eigenvalue weighted by Gasteiger charge is -2.20. The fraction of sp³-hybridized carbons (Fsp3) is 0.583. The Morgan fingerprint density at radius 2 is 2.20 bits per heavy atom. The molecule has 0 fully saturated rings. The molecule has 1 unspecified atom stereocenters. The van der Waals surface area contributed by atoms with E-state index in [-0.39, 0.29) is 0 Å². The zero-order valence-electron chi connectivity index (χ0n) is 9.95. The van der Waals surface area contributed by atoms with E-state index in [0.29, 0.717) is 12.0 Å². The topological polar surface area (TPSA) is 34.2 Å². The molecule has 1 aromatic rings.